The largest absolute Gasteiger partial charge is 0.508 e. The minimum Gasteiger partial charge on any atom is -0.508 e. The predicted molar refractivity (Wildman–Crippen MR) is 93.8 cm³/mol. The summed E-state index contributed by atoms with van der Waals surface area (Å²) in [6, 6.07) is 8.15. The second-order valence-corrected chi connectivity index (χ2v) is 6.02. The second kappa shape index (κ2) is 6.87. The molecule has 0 amide bonds. The lowest BCUT2D eigenvalue weighted by molar-refractivity contribution is 0.425. The Bertz CT molecular complexity index is 696. The van der Waals surface area contributed by atoms with Crippen LogP contribution in [0, 0.1) is 0 Å². The SMILES string of the molecule is CC/C=C(/C)Oc1c(CC)ccc2cc(C(C)C)c(O)cc12. The Hall–Kier alpha value is -1.96. The summed E-state index contributed by atoms with van der Waals surface area (Å²) in [7, 11) is 0. The van der Waals surface area contributed by atoms with Gasteiger partial charge in [0.15, 0.2) is 0 Å². The third-order valence-electron chi connectivity index (χ3n) is 3.96. The lowest BCUT2D eigenvalue weighted by Gasteiger charge is -2.16. The van der Waals surface area contributed by atoms with Crippen molar-refractivity contribution in [2.75, 3.05) is 0 Å². The molecule has 0 radical (unpaired) electrons. The standard InChI is InChI=1S/C20H26O2/c1-6-8-14(5)22-20-15(7-2)9-10-16-11-17(13(3)4)19(21)12-18(16)20/h8-13,21H,6-7H2,1-5H3/b14-8-. The van der Waals surface area contributed by atoms with Crippen molar-refractivity contribution in [2.24, 2.45) is 0 Å². The Morgan fingerprint density at radius 2 is 1.95 bits per heavy atom. The number of hydrogen-bond acceptors (Lipinski definition) is 2. The summed E-state index contributed by atoms with van der Waals surface area (Å²) in [4.78, 5) is 0. The van der Waals surface area contributed by atoms with Gasteiger partial charge in [-0.3, -0.25) is 0 Å². The number of aryl methyl sites for hydroxylation is 1. The van der Waals surface area contributed by atoms with Gasteiger partial charge in [0.25, 0.3) is 0 Å². The molecule has 0 spiro atoms. The first-order chi connectivity index (χ1) is 10.5. The van der Waals surface area contributed by atoms with Crippen LogP contribution in [0.1, 0.15) is 58.1 Å². The van der Waals surface area contributed by atoms with E-state index in [1.807, 2.05) is 13.0 Å². The summed E-state index contributed by atoms with van der Waals surface area (Å²) in [5, 5.41) is 12.4. The van der Waals surface area contributed by atoms with E-state index in [9.17, 15) is 5.11 Å². The van der Waals surface area contributed by atoms with E-state index in [0.717, 1.165) is 46.2 Å². The highest BCUT2D eigenvalue weighted by molar-refractivity contribution is 5.91. The predicted octanol–water partition coefficient (Wildman–Crippen LogP) is 5.92. The molecule has 2 rings (SSSR count). The maximum atomic E-state index is 10.3. The Morgan fingerprint density at radius 3 is 2.55 bits per heavy atom. The Balaban J connectivity index is 2.65. The van der Waals surface area contributed by atoms with Crippen molar-refractivity contribution in [3.63, 3.8) is 0 Å². The lowest BCUT2D eigenvalue weighted by Crippen LogP contribution is -1.97. The van der Waals surface area contributed by atoms with Gasteiger partial charge in [0, 0.05) is 5.39 Å². The van der Waals surface area contributed by atoms with Crippen molar-refractivity contribution >= 4 is 10.8 Å². The van der Waals surface area contributed by atoms with Gasteiger partial charge in [-0.2, -0.15) is 0 Å². The molecule has 2 heteroatoms. The van der Waals surface area contributed by atoms with Gasteiger partial charge >= 0.3 is 0 Å². The molecule has 0 aromatic heterocycles. The normalized spacial score (nSPS) is 12.2. The zero-order chi connectivity index (χ0) is 16.3. The topological polar surface area (TPSA) is 29.5 Å². The maximum absolute atomic E-state index is 10.3. The van der Waals surface area contributed by atoms with E-state index in [0.29, 0.717) is 11.7 Å². The van der Waals surface area contributed by atoms with Gasteiger partial charge in [-0.05, 0) is 60.4 Å². The first-order valence-corrected chi connectivity index (χ1v) is 8.11. The molecule has 2 aromatic carbocycles. The fraction of sp³-hybridized carbons (Fsp3) is 0.400. The number of ether oxygens (including phenoxy) is 1. The van der Waals surface area contributed by atoms with E-state index < -0.39 is 0 Å². The number of rotatable bonds is 5. The van der Waals surface area contributed by atoms with Gasteiger partial charge in [0.05, 0.1) is 5.76 Å². The van der Waals surface area contributed by atoms with Crippen LogP contribution in [-0.2, 0) is 6.42 Å². The molecule has 0 aliphatic rings. The lowest BCUT2D eigenvalue weighted by atomic mass is 9.96. The van der Waals surface area contributed by atoms with Crippen LogP contribution in [0.4, 0.5) is 0 Å². The van der Waals surface area contributed by atoms with Crippen molar-refractivity contribution in [3.05, 3.63) is 47.2 Å². The number of hydrogen-bond donors (Lipinski definition) is 1. The summed E-state index contributed by atoms with van der Waals surface area (Å²) in [5.74, 6) is 2.41. The first kappa shape index (κ1) is 16.4. The molecule has 0 atom stereocenters. The summed E-state index contributed by atoms with van der Waals surface area (Å²) in [5.41, 5.74) is 2.14. The summed E-state index contributed by atoms with van der Waals surface area (Å²) in [6.07, 6.45) is 3.92. The average Bonchev–Trinajstić information content (AvgIpc) is 2.47. The van der Waals surface area contributed by atoms with E-state index in [-0.39, 0.29) is 0 Å². The molecule has 2 nitrogen and oxygen atoms in total. The molecule has 1 N–H and O–H groups in total. The Kier molecular flexibility index (Phi) is 5.12. The quantitative estimate of drug-likeness (QED) is 0.694. The molecule has 118 valence electrons. The molecule has 0 bridgehead atoms. The second-order valence-electron chi connectivity index (χ2n) is 6.02. The number of benzene rings is 2. The Morgan fingerprint density at radius 1 is 1.23 bits per heavy atom. The van der Waals surface area contributed by atoms with Crippen LogP contribution in [-0.4, -0.2) is 5.11 Å². The number of phenolic OH excluding ortho intramolecular Hbond substituents is 1. The molecule has 0 aliphatic carbocycles. The van der Waals surface area contributed by atoms with Crippen LogP contribution in [0.2, 0.25) is 0 Å². The van der Waals surface area contributed by atoms with Crippen LogP contribution in [0.5, 0.6) is 11.5 Å². The molecular formula is C20H26O2. The van der Waals surface area contributed by atoms with Crippen molar-refractivity contribution < 1.29 is 9.84 Å². The molecule has 0 saturated carbocycles. The number of aromatic hydroxyl groups is 1. The van der Waals surface area contributed by atoms with Crippen molar-refractivity contribution in [2.45, 2.75) is 53.4 Å². The van der Waals surface area contributed by atoms with Crippen molar-refractivity contribution in [3.8, 4) is 11.5 Å². The van der Waals surface area contributed by atoms with Gasteiger partial charge in [-0.1, -0.05) is 39.8 Å². The van der Waals surface area contributed by atoms with E-state index in [2.05, 4.69) is 52.0 Å². The van der Waals surface area contributed by atoms with Crippen LogP contribution in [0.15, 0.2) is 36.1 Å². The van der Waals surface area contributed by atoms with Crippen molar-refractivity contribution in [1.29, 1.82) is 0 Å². The highest BCUT2D eigenvalue weighted by Crippen LogP contribution is 2.37. The fourth-order valence-corrected chi connectivity index (χ4v) is 2.75. The molecule has 22 heavy (non-hydrogen) atoms. The summed E-state index contributed by atoms with van der Waals surface area (Å²) < 4.78 is 6.10. The molecule has 0 unspecified atom stereocenters. The fourth-order valence-electron chi connectivity index (χ4n) is 2.75. The van der Waals surface area contributed by atoms with Gasteiger partial charge in [0.2, 0.25) is 0 Å². The molecular weight excluding hydrogens is 272 g/mol. The molecule has 0 aliphatic heterocycles. The van der Waals surface area contributed by atoms with Crippen LogP contribution < -0.4 is 4.74 Å². The van der Waals surface area contributed by atoms with Gasteiger partial charge in [-0.25, -0.2) is 0 Å². The van der Waals surface area contributed by atoms with Gasteiger partial charge < -0.3 is 9.84 Å². The molecule has 0 saturated heterocycles. The highest BCUT2D eigenvalue weighted by Gasteiger charge is 2.13. The Labute approximate surface area is 133 Å². The number of fused-ring (bicyclic) bond motifs is 1. The smallest absolute Gasteiger partial charge is 0.138 e. The van der Waals surface area contributed by atoms with Gasteiger partial charge in [-0.15, -0.1) is 0 Å². The number of allylic oxidation sites excluding steroid dienone is 2. The van der Waals surface area contributed by atoms with E-state index in [4.69, 9.17) is 4.74 Å². The zero-order valence-electron chi connectivity index (χ0n) is 14.2. The third kappa shape index (κ3) is 3.27. The summed E-state index contributed by atoms with van der Waals surface area (Å²) in [6.45, 7) is 10.4. The first-order valence-electron chi connectivity index (χ1n) is 8.11. The molecule has 0 heterocycles. The molecule has 2 aromatic rings. The van der Waals surface area contributed by atoms with Crippen molar-refractivity contribution in [1.82, 2.24) is 0 Å². The minimum absolute atomic E-state index is 0.293. The third-order valence-corrected chi connectivity index (χ3v) is 3.96. The van der Waals surface area contributed by atoms with Crippen LogP contribution in [0.3, 0.4) is 0 Å². The number of phenols is 1. The zero-order valence-corrected chi connectivity index (χ0v) is 14.2. The average molecular weight is 298 g/mol. The van der Waals surface area contributed by atoms with E-state index in [1.165, 1.54) is 0 Å². The highest BCUT2D eigenvalue weighted by atomic mass is 16.5. The monoisotopic (exact) mass is 298 g/mol. The van der Waals surface area contributed by atoms with Crippen LogP contribution in [0.25, 0.3) is 10.8 Å². The summed E-state index contributed by atoms with van der Waals surface area (Å²) >= 11 is 0. The van der Waals surface area contributed by atoms with Crippen LogP contribution >= 0.6 is 0 Å². The minimum atomic E-state index is 0.293. The molecule has 0 fully saturated rings. The maximum Gasteiger partial charge on any atom is 0.138 e. The van der Waals surface area contributed by atoms with E-state index in [1.54, 1.807) is 0 Å². The van der Waals surface area contributed by atoms with E-state index >= 15 is 0 Å². The van der Waals surface area contributed by atoms with Gasteiger partial charge in [0.1, 0.15) is 11.5 Å².